The Balaban J connectivity index is 1.87. The van der Waals surface area contributed by atoms with Crippen LogP contribution in [0, 0.1) is 11.3 Å². The highest BCUT2D eigenvalue weighted by atomic mass is 15.1. The van der Waals surface area contributed by atoms with Crippen molar-refractivity contribution in [2.24, 2.45) is 11.3 Å². The molecule has 2 rings (SSSR count). The largest absolute Gasteiger partial charge is 0.316 e. The minimum Gasteiger partial charge on any atom is -0.316 e. The van der Waals surface area contributed by atoms with E-state index in [0.29, 0.717) is 5.41 Å². The number of likely N-dealkylation sites (tertiary alicyclic amines) is 1. The summed E-state index contributed by atoms with van der Waals surface area (Å²) >= 11 is 0. The molecule has 2 nitrogen and oxygen atoms in total. The SMILES string of the molecule is CCNCC1(CN2CCC(C)CC2)CCCCC1. The van der Waals surface area contributed by atoms with Gasteiger partial charge in [-0.2, -0.15) is 0 Å². The van der Waals surface area contributed by atoms with Gasteiger partial charge < -0.3 is 10.2 Å². The Morgan fingerprint density at radius 1 is 1.11 bits per heavy atom. The molecule has 0 radical (unpaired) electrons. The monoisotopic (exact) mass is 252 g/mol. The molecule has 1 saturated carbocycles. The van der Waals surface area contributed by atoms with Gasteiger partial charge in [-0.3, -0.25) is 0 Å². The van der Waals surface area contributed by atoms with Gasteiger partial charge in [-0.25, -0.2) is 0 Å². The first-order valence-corrected chi connectivity index (χ1v) is 8.17. The van der Waals surface area contributed by atoms with Crippen molar-refractivity contribution in [2.45, 2.75) is 58.8 Å². The molecule has 1 saturated heterocycles. The molecule has 0 spiro atoms. The average Bonchev–Trinajstić information content (AvgIpc) is 2.40. The van der Waals surface area contributed by atoms with Crippen LogP contribution in [0.3, 0.4) is 0 Å². The summed E-state index contributed by atoms with van der Waals surface area (Å²) < 4.78 is 0. The van der Waals surface area contributed by atoms with Crippen LogP contribution in [0.2, 0.25) is 0 Å². The molecular formula is C16H32N2. The van der Waals surface area contributed by atoms with Crippen molar-refractivity contribution in [3.8, 4) is 0 Å². The average molecular weight is 252 g/mol. The molecule has 0 aromatic rings. The van der Waals surface area contributed by atoms with Crippen molar-refractivity contribution in [3.05, 3.63) is 0 Å². The number of hydrogen-bond acceptors (Lipinski definition) is 2. The second-order valence-electron chi connectivity index (χ2n) is 6.80. The van der Waals surface area contributed by atoms with Crippen molar-refractivity contribution in [3.63, 3.8) is 0 Å². The van der Waals surface area contributed by atoms with Crippen molar-refractivity contribution in [1.29, 1.82) is 0 Å². The van der Waals surface area contributed by atoms with E-state index in [0.717, 1.165) is 12.5 Å². The predicted molar refractivity (Wildman–Crippen MR) is 78.9 cm³/mol. The summed E-state index contributed by atoms with van der Waals surface area (Å²) in [5.41, 5.74) is 0.592. The maximum atomic E-state index is 3.63. The van der Waals surface area contributed by atoms with E-state index in [1.165, 1.54) is 71.1 Å². The number of piperidine rings is 1. The van der Waals surface area contributed by atoms with Crippen LogP contribution in [-0.2, 0) is 0 Å². The third-order valence-electron chi connectivity index (χ3n) is 5.10. The van der Waals surface area contributed by atoms with E-state index in [4.69, 9.17) is 0 Å². The summed E-state index contributed by atoms with van der Waals surface area (Å²) in [6.07, 6.45) is 10.1. The van der Waals surface area contributed by atoms with Gasteiger partial charge in [-0.05, 0) is 56.7 Å². The zero-order valence-electron chi connectivity index (χ0n) is 12.5. The fraction of sp³-hybridized carbons (Fsp3) is 1.00. The van der Waals surface area contributed by atoms with Gasteiger partial charge in [-0.15, -0.1) is 0 Å². The number of nitrogens with one attached hydrogen (secondary N) is 1. The van der Waals surface area contributed by atoms with E-state index in [9.17, 15) is 0 Å². The summed E-state index contributed by atoms with van der Waals surface area (Å²) in [7, 11) is 0. The quantitative estimate of drug-likeness (QED) is 0.808. The van der Waals surface area contributed by atoms with Crippen molar-refractivity contribution >= 4 is 0 Å². The normalized spacial score (nSPS) is 26.3. The van der Waals surface area contributed by atoms with E-state index in [-0.39, 0.29) is 0 Å². The maximum Gasteiger partial charge on any atom is 0.00501 e. The van der Waals surface area contributed by atoms with Crippen LogP contribution in [0.1, 0.15) is 58.8 Å². The fourth-order valence-electron chi connectivity index (χ4n) is 3.78. The van der Waals surface area contributed by atoms with Crippen LogP contribution in [0.25, 0.3) is 0 Å². The van der Waals surface area contributed by atoms with Gasteiger partial charge in [0.1, 0.15) is 0 Å². The molecule has 0 unspecified atom stereocenters. The molecule has 0 aromatic heterocycles. The summed E-state index contributed by atoms with van der Waals surface area (Å²) in [4.78, 5) is 2.75. The zero-order chi connectivity index (χ0) is 12.8. The van der Waals surface area contributed by atoms with Crippen molar-refractivity contribution < 1.29 is 0 Å². The molecule has 1 N–H and O–H groups in total. The third kappa shape index (κ3) is 3.96. The Kier molecular flexibility index (Phi) is 5.50. The number of rotatable bonds is 5. The number of hydrogen-bond donors (Lipinski definition) is 1. The van der Waals surface area contributed by atoms with E-state index >= 15 is 0 Å². The van der Waals surface area contributed by atoms with Crippen molar-refractivity contribution in [1.82, 2.24) is 10.2 Å². The van der Waals surface area contributed by atoms with Crippen LogP contribution >= 0.6 is 0 Å². The van der Waals surface area contributed by atoms with Crippen LogP contribution in [0.15, 0.2) is 0 Å². The smallest absolute Gasteiger partial charge is 0.00501 e. The lowest BCUT2D eigenvalue weighted by Gasteiger charge is -2.43. The topological polar surface area (TPSA) is 15.3 Å². The molecule has 0 bridgehead atoms. The number of nitrogens with zero attached hydrogens (tertiary/aromatic N) is 1. The fourth-order valence-corrected chi connectivity index (χ4v) is 3.78. The molecule has 18 heavy (non-hydrogen) atoms. The van der Waals surface area contributed by atoms with E-state index in [2.05, 4.69) is 24.1 Å². The summed E-state index contributed by atoms with van der Waals surface area (Å²) in [6, 6.07) is 0. The molecule has 1 heterocycles. The lowest BCUT2D eigenvalue weighted by molar-refractivity contribution is 0.0804. The van der Waals surface area contributed by atoms with Gasteiger partial charge in [0.25, 0.3) is 0 Å². The Morgan fingerprint density at radius 3 is 2.39 bits per heavy atom. The molecule has 0 amide bonds. The first-order chi connectivity index (χ1) is 8.74. The molecular weight excluding hydrogens is 220 g/mol. The Hall–Kier alpha value is -0.0800. The van der Waals surface area contributed by atoms with E-state index in [1.807, 2.05) is 0 Å². The molecule has 1 aliphatic heterocycles. The Bertz CT molecular complexity index is 225. The summed E-state index contributed by atoms with van der Waals surface area (Å²) in [5, 5.41) is 3.63. The molecule has 0 atom stereocenters. The highest BCUT2D eigenvalue weighted by Crippen LogP contribution is 2.37. The summed E-state index contributed by atoms with van der Waals surface area (Å²) in [6.45, 7) is 11.1. The second-order valence-corrected chi connectivity index (χ2v) is 6.80. The van der Waals surface area contributed by atoms with Gasteiger partial charge in [0, 0.05) is 13.1 Å². The van der Waals surface area contributed by atoms with Gasteiger partial charge in [0.05, 0.1) is 0 Å². The molecule has 1 aliphatic carbocycles. The van der Waals surface area contributed by atoms with Gasteiger partial charge in [-0.1, -0.05) is 33.1 Å². The molecule has 2 fully saturated rings. The van der Waals surface area contributed by atoms with Gasteiger partial charge in [0.15, 0.2) is 0 Å². The maximum absolute atomic E-state index is 3.63. The minimum absolute atomic E-state index is 0.592. The van der Waals surface area contributed by atoms with Crippen LogP contribution in [0.5, 0.6) is 0 Å². The third-order valence-corrected chi connectivity index (χ3v) is 5.10. The lowest BCUT2D eigenvalue weighted by atomic mass is 9.73. The minimum atomic E-state index is 0.592. The van der Waals surface area contributed by atoms with Gasteiger partial charge in [0.2, 0.25) is 0 Å². The summed E-state index contributed by atoms with van der Waals surface area (Å²) in [5.74, 6) is 0.956. The Labute approximate surface area is 114 Å². The van der Waals surface area contributed by atoms with E-state index in [1.54, 1.807) is 0 Å². The predicted octanol–water partition coefficient (Wildman–Crippen LogP) is 3.28. The van der Waals surface area contributed by atoms with Crippen LogP contribution in [-0.4, -0.2) is 37.6 Å². The van der Waals surface area contributed by atoms with Crippen LogP contribution in [0.4, 0.5) is 0 Å². The molecule has 0 aromatic carbocycles. The first kappa shape index (κ1) is 14.3. The van der Waals surface area contributed by atoms with Gasteiger partial charge >= 0.3 is 0 Å². The molecule has 2 aliphatic rings. The molecule has 106 valence electrons. The van der Waals surface area contributed by atoms with Crippen molar-refractivity contribution in [2.75, 3.05) is 32.7 Å². The Morgan fingerprint density at radius 2 is 1.78 bits per heavy atom. The lowest BCUT2D eigenvalue weighted by Crippen LogP contribution is -2.47. The highest BCUT2D eigenvalue weighted by molar-refractivity contribution is 4.88. The highest BCUT2D eigenvalue weighted by Gasteiger charge is 2.34. The van der Waals surface area contributed by atoms with E-state index < -0.39 is 0 Å². The van der Waals surface area contributed by atoms with Crippen LogP contribution < -0.4 is 5.32 Å². The first-order valence-electron chi connectivity index (χ1n) is 8.17. The standard InChI is InChI=1S/C16H32N2/c1-3-17-13-16(9-5-4-6-10-16)14-18-11-7-15(2)8-12-18/h15,17H,3-14H2,1-2H3. The zero-order valence-corrected chi connectivity index (χ0v) is 12.5. The molecule has 2 heteroatoms. The second kappa shape index (κ2) is 6.91.